The van der Waals surface area contributed by atoms with Gasteiger partial charge in [-0.25, -0.2) is 17.6 Å². The van der Waals surface area contributed by atoms with Gasteiger partial charge in [0.15, 0.2) is 0 Å². The van der Waals surface area contributed by atoms with Crippen LogP contribution >= 0.6 is 11.8 Å². The molecule has 2 fully saturated rings. The van der Waals surface area contributed by atoms with E-state index in [1.54, 1.807) is 0 Å². The summed E-state index contributed by atoms with van der Waals surface area (Å²) in [5.41, 5.74) is 0. The van der Waals surface area contributed by atoms with Gasteiger partial charge in [-0.05, 0) is 38.5 Å². The van der Waals surface area contributed by atoms with Crippen LogP contribution in [-0.2, 0) is 0 Å². The number of hydrogen-bond acceptors (Lipinski definition) is 1. The Bertz CT molecular complexity index is 217. The number of halogens is 4. The zero-order valence-electron chi connectivity index (χ0n) is 10.3. The lowest BCUT2D eigenvalue weighted by Crippen LogP contribution is -2.37. The SMILES string of the molecule is FC1CCCC(F)C1CSC1C(F)CCCC1F. The molecule has 18 heavy (non-hydrogen) atoms. The average Bonchev–Trinajstić information content (AvgIpc) is 2.31. The van der Waals surface area contributed by atoms with Gasteiger partial charge >= 0.3 is 0 Å². The second-order valence-electron chi connectivity index (χ2n) is 5.39. The van der Waals surface area contributed by atoms with E-state index in [-0.39, 0.29) is 5.75 Å². The summed E-state index contributed by atoms with van der Waals surface area (Å²) < 4.78 is 54.4. The quantitative estimate of drug-likeness (QED) is 0.691. The van der Waals surface area contributed by atoms with Crippen LogP contribution in [0.5, 0.6) is 0 Å². The van der Waals surface area contributed by atoms with Crippen LogP contribution in [0.1, 0.15) is 38.5 Å². The Morgan fingerprint density at radius 2 is 1.17 bits per heavy atom. The molecule has 0 bridgehead atoms. The fourth-order valence-corrected chi connectivity index (χ4v) is 4.42. The fraction of sp³-hybridized carbons (Fsp3) is 1.00. The largest absolute Gasteiger partial charge is 0.247 e. The van der Waals surface area contributed by atoms with Crippen molar-refractivity contribution in [2.24, 2.45) is 5.92 Å². The molecule has 4 atom stereocenters. The predicted molar refractivity (Wildman–Crippen MR) is 67.0 cm³/mol. The maximum atomic E-state index is 13.6. The summed E-state index contributed by atoms with van der Waals surface area (Å²) in [6, 6.07) is 0. The maximum Gasteiger partial charge on any atom is 0.115 e. The second kappa shape index (κ2) is 6.49. The standard InChI is InChI=1S/C13H20F4S/c14-9-3-1-4-10(15)8(9)7-18-13-11(16)5-2-6-12(13)17/h8-13H,1-7H2. The molecule has 0 aromatic rings. The van der Waals surface area contributed by atoms with Crippen molar-refractivity contribution in [2.45, 2.75) is 68.5 Å². The minimum atomic E-state index is -1.17. The van der Waals surface area contributed by atoms with Gasteiger partial charge in [-0.1, -0.05) is 0 Å². The van der Waals surface area contributed by atoms with E-state index in [9.17, 15) is 17.6 Å². The molecule has 0 aromatic carbocycles. The maximum absolute atomic E-state index is 13.6. The summed E-state index contributed by atoms with van der Waals surface area (Å²) in [6.45, 7) is 0. The summed E-state index contributed by atoms with van der Waals surface area (Å²) in [7, 11) is 0. The first-order valence-corrected chi connectivity index (χ1v) is 7.82. The summed E-state index contributed by atoms with van der Waals surface area (Å²) >= 11 is 1.10. The zero-order valence-corrected chi connectivity index (χ0v) is 11.2. The molecule has 2 rings (SSSR count). The molecule has 5 heteroatoms. The van der Waals surface area contributed by atoms with Gasteiger partial charge in [-0.3, -0.25) is 0 Å². The lowest BCUT2D eigenvalue weighted by Gasteiger charge is -2.33. The molecule has 0 spiro atoms. The third kappa shape index (κ3) is 3.34. The number of thioether (sulfide) groups is 1. The molecule has 106 valence electrons. The molecule has 2 aliphatic rings. The van der Waals surface area contributed by atoms with Crippen LogP contribution in [0.4, 0.5) is 17.6 Å². The number of hydrogen-bond donors (Lipinski definition) is 0. The van der Waals surface area contributed by atoms with Crippen molar-refractivity contribution in [3.63, 3.8) is 0 Å². The summed E-state index contributed by atoms with van der Waals surface area (Å²) in [4.78, 5) is 0. The lowest BCUT2D eigenvalue weighted by molar-refractivity contribution is 0.0906. The molecule has 0 aromatic heterocycles. The highest BCUT2D eigenvalue weighted by Gasteiger charge is 2.38. The van der Waals surface area contributed by atoms with Crippen LogP contribution in [0, 0.1) is 5.92 Å². The summed E-state index contributed by atoms with van der Waals surface area (Å²) in [5, 5.41) is -0.722. The Kier molecular flexibility index (Phi) is 5.22. The Morgan fingerprint density at radius 3 is 1.67 bits per heavy atom. The van der Waals surface area contributed by atoms with Gasteiger partial charge in [0.25, 0.3) is 0 Å². The van der Waals surface area contributed by atoms with E-state index in [1.165, 1.54) is 0 Å². The van der Waals surface area contributed by atoms with Gasteiger partial charge in [0.1, 0.15) is 24.7 Å². The van der Waals surface area contributed by atoms with Crippen molar-refractivity contribution in [1.29, 1.82) is 0 Å². The normalized spacial score (nSPS) is 46.0. The first kappa shape index (κ1) is 14.5. The van der Waals surface area contributed by atoms with Crippen LogP contribution in [0.3, 0.4) is 0 Å². The first-order chi connectivity index (χ1) is 8.59. The highest BCUT2D eigenvalue weighted by molar-refractivity contribution is 8.00. The van der Waals surface area contributed by atoms with Crippen LogP contribution in [-0.4, -0.2) is 35.7 Å². The number of alkyl halides is 4. The molecule has 0 amide bonds. The average molecular weight is 284 g/mol. The first-order valence-electron chi connectivity index (χ1n) is 6.77. The van der Waals surface area contributed by atoms with Gasteiger partial charge < -0.3 is 0 Å². The second-order valence-corrected chi connectivity index (χ2v) is 6.60. The van der Waals surface area contributed by atoms with Gasteiger partial charge in [0.05, 0.1) is 5.25 Å². The summed E-state index contributed by atoms with van der Waals surface area (Å²) in [5.74, 6) is -0.474. The topological polar surface area (TPSA) is 0 Å². The third-order valence-electron chi connectivity index (χ3n) is 4.04. The van der Waals surface area contributed by atoms with E-state index in [2.05, 4.69) is 0 Å². The van der Waals surface area contributed by atoms with E-state index in [1.807, 2.05) is 0 Å². The van der Waals surface area contributed by atoms with Crippen LogP contribution in [0.2, 0.25) is 0 Å². The molecule has 0 radical (unpaired) electrons. The Morgan fingerprint density at radius 1 is 0.722 bits per heavy atom. The van der Waals surface area contributed by atoms with Crippen LogP contribution in [0.25, 0.3) is 0 Å². The molecule has 0 N–H and O–H groups in total. The van der Waals surface area contributed by atoms with Crippen molar-refractivity contribution >= 4 is 11.8 Å². The molecule has 2 aliphatic carbocycles. The molecule has 0 heterocycles. The summed E-state index contributed by atoms with van der Waals surface area (Å²) in [6.07, 6.45) is -1.98. The zero-order chi connectivity index (χ0) is 13.1. The molecular weight excluding hydrogens is 264 g/mol. The molecule has 4 unspecified atom stereocenters. The van der Waals surface area contributed by atoms with Crippen molar-refractivity contribution in [3.05, 3.63) is 0 Å². The minimum Gasteiger partial charge on any atom is -0.247 e. The van der Waals surface area contributed by atoms with Gasteiger partial charge in [0.2, 0.25) is 0 Å². The van der Waals surface area contributed by atoms with Gasteiger partial charge in [-0.15, -0.1) is 0 Å². The smallest absolute Gasteiger partial charge is 0.115 e. The van der Waals surface area contributed by atoms with E-state index in [0.29, 0.717) is 38.5 Å². The van der Waals surface area contributed by atoms with Crippen molar-refractivity contribution in [2.75, 3.05) is 5.75 Å². The monoisotopic (exact) mass is 284 g/mol. The number of rotatable bonds is 3. The fourth-order valence-electron chi connectivity index (χ4n) is 2.87. The van der Waals surface area contributed by atoms with Gasteiger partial charge in [-0.2, -0.15) is 11.8 Å². The molecule has 0 nitrogen and oxygen atoms in total. The van der Waals surface area contributed by atoms with Crippen LogP contribution in [0.15, 0.2) is 0 Å². The Balaban J connectivity index is 1.85. The minimum absolute atomic E-state index is 0.202. The lowest BCUT2D eigenvalue weighted by atomic mass is 9.87. The van der Waals surface area contributed by atoms with E-state index < -0.39 is 35.9 Å². The Hall–Kier alpha value is 0.0700. The van der Waals surface area contributed by atoms with Crippen LogP contribution < -0.4 is 0 Å². The molecule has 2 saturated carbocycles. The van der Waals surface area contributed by atoms with E-state index >= 15 is 0 Å². The highest BCUT2D eigenvalue weighted by Crippen LogP contribution is 2.38. The Labute approximate surface area is 110 Å². The van der Waals surface area contributed by atoms with E-state index in [4.69, 9.17) is 0 Å². The van der Waals surface area contributed by atoms with Crippen molar-refractivity contribution in [1.82, 2.24) is 0 Å². The van der Waals surface area contributed by atoms with Crippen molar-refractivity contribution in [3.8, 4) is 0 Å². The van der Waals surface area contributed by atoms with Crippen molar-refractivity contribution < 1.29 is 17.6 Å². The van der Waals surface area contributed by atoms with E-state index in [0.717, 1.165) is 11.8 Å². The highest BCUT2D eigenvalue weighted by atomic mass is 32.2. The third-order valence-corrected chi connectivity index (χ3v) is 5.60. The molecular formula is C13H20F4S. The van der Waals surface area contributed by atoms with Gasteiger partial charge in [0, 0.05) is 11.7 Å². The predicted octanol–water partition coefficient (Wildman–Crippen LogP) is 4.42. The molecule has 0 aliphatic heterocycles. The molecule has 0 saturated heterocycles.